The molecule has 0 amide bonds. The highest BCUT2D eigenvalue weighted by atomic mass is 16.5. The molecule has 0 aliphatic heterocycles. The van der Waals surface area contributed by atoms with E-state index in [9.17, 15) is 19.2 Å². The average Bonchev–Trinajstić information content (AvgIpc) is 3.17. The van der Waals surface area contributed by atoms with Crippen LogP contribution in [0.4, 0.5) is 0 Å². The number of ketones is 1. The first-order valence-corrected chi connectivity index (χ1v) is 16.1. The van der Waals surface area contributed by atoms with Crippen molar-refractivity contribution >= 4 is 24.0 Å². The van der Waals surface area contributed by atoms with Gasteiger partial charge >= 0.3 is 11.9 Å². The van der Waals surface area contributed by atoms with Crippen molar-refractivity contribution in [1.29, 1.82) is 0 Å². The Morgan fingerprint density at radius 2 is 1.54 bits per heavy atom. The lowest BCUT2D eigenvalue weighted by Crippen LogP contribution is -2.66. The van der Waals surface area contributed by atoms with E-state index < -0.39 is 17.5 Å². The van der Waals surface area contributed by atoms with Crippen LogP contribution in [0.1, 0.15) is 120 Å². The van der Waals surface area contributed by atoms with E-state index in [4.69, 9.17) is 9.47 Å². The van der Waals surface area contributed by atoms with Gasteiger partial charge in [-0.2, -0.15) is 0 Å². The Morgan fingerprint density at radius 1 is 0.854 bits per heavy atom. The minimum Gasteiger partial charge on any atom is -0.462 e. The summed E-state index contributed by atoms with van der Waals surface area (Å²) in [6, 6.07) is 0. The number of allylic oxidation sites excluding steroid dienone is 1. The summed E-state index contributed by atoms with van der Waals surface area (Å²) in [6.07, 6.45) is 7.91. The number of aldehydes is 1. The zero-order chi connectivity index (χ0) is 30.3. The molecule has 0 N–H and O–H groups in total. The van der Waals surface area contributed by atoms with Gasteiger partial charge in [-0.05, 0) is 102 Å². The standard InChI is InChI=1S/C35H52O6/c1-20(2)29-24(39)18-35(28(19-36)41-22(4)38)17-16-33(8)23(30(29)35)10-11-26-32(7)14-13-27(40-21(3)37)31(5,6)25(32)12-15-34(26,33)9/h19-20,23,25-28H,10-18H2,1-9H3/t23?,25-,26+,27-,28?,32-,33+,34+,35-/m0/s1. The van der Waals surface area contributed by atoms with E-state index in [1.807, 2.05) is 0 Å². The number of hydrogen-bond donors (Lipinski definition) is 0. The Balaban J connectivity index is 1.58. The lowest BCUT2D eigenvalue weighted by atomic mass is 9.33. The Hall–Kier alpha value is -1.98. The number of ether oxygens (including phenoxy) is 2. The minimum absolute atomic E-state index is 0.0337. The molecule has 228 valence electrons. The van der Waals surface area contributed by atoms with E-state index >= 15 is 0 Å². The van der Waals surface area contributed by atoms with Gasteiger partial charge in [0.25, 0.3) is 0 Å². The van der Waals surface area contributed by atoms with Crippen LogP contribution < -0.4 is 0 Å². The first kappa shape index (κ1) is 30.5. The molecule has 4 fully saturated rings. The maximum atomic E-state index is 13.7. The second-order valence-electron chi connectivity index (χ2n) is 16.0. The lowest BCUT2D eigenvalue weighted by molar-refractivity contribution is -0.234. The second-order valence-corrected chi connectivity index (χ2v) is 16.0. The van der Waals surface area contributed by atoms with E-state index in [2.05, 4.69) is 48.5 Å². The number of rotatable bonds is 5. The Morgan fingerprint density at radius 3 is 2.12 bits per heavy atom. The van der Waals surface area contributed by atoms with Gasteiger partial charge < -0.3 is 9.47 Å². The van der Waals surface area contributed by atoms with Gasteiger partial charge in [-0.15, -0.1) is 0 Å². The lowest BCUT2D eigenvalue weighted by Gasteiger charge is -2.72. The van der Waals surface area contributed by atoms with E-state index in [1.54, 1.807) is 0 Å². The summed E-state index contributed by atoms with van der Waals surface area (Å²) in [6.45, 7) is 19.2. The Labute approximate surface area is 246 Å². The SMILES string of the molecule is CC(=O)OC(C=O)[C@@]12CC[C@]3(C)C(CC[C@@H]4[C@@]5(C)CC[C@H](OC(C)=O)C(C)(C)[C@@H]5CC[C@]43C)C1=C(C(C)C)C(=O)C2. The quantitative estimate of drug-likeness (QED) is 0.261. The van der Waals surface area contributed by atoms with Crippen molar-refractivity contribution in [3.8, 4) is 0 Å². The molecular weight excluding hydrogens is 516 g/mol. The van der Waals surface area contributed by atoms with Gasteiger partial charge in [0.1, 0.15) is 6.10 Å². The zero-order valence-electron chi connectivity index (χ0n) is 26.9. The molecule has 0 heterocycles. The molecule has 5 aliphatic carbocycles. The van der Waals surface area contributed by atoms with Crippen LogP contribution in [0.5, 0.6) is 0 Å². The maximum absolute atomic E-state index is 13.7. The largest absolute Gasteiger partial charge is 0.462 e. The van der Waals surface area contributed by atoms with E-state index in [0.717, 1.165) is 62.4 Å². The molecule has 9 atom stereocenters. The molecule has 0 spiro atoms. The van der Waals surface area contributed by atoms with Crippen LogP contribution in [0.15, 0.2) is 11.1 Å². The van der Waals surface area contributed by atoms with Gasteiger partial charge in [0, 0.05) is 31.1 Å². The van der Waals surface area contributed by atoms with Gasteiger partial charge in [0.05, 0.1) is 0 Å². The predicted molar refractivity (Wildman–Crippen MR) is 157 cm³/mol. The highest BCUT2D eigenvalue weighted by Gasteiger charge is 2.71. The summed E-state index contributed by atoms with van der Waals surface area (Å²) in [7, 11) is 0. The molecule has 0 aromatic heterocycles. The molecule has 6 heteroatoms. The molecule has 5 rings (SSSR count). The van der Waals surface area contributed by atoms with E-state index in [1.165, 1.54) is 13.8 Å². The van der Waals surface area contributed by atoms with Crippen LogP contribution in [-0.4, -0.2) is 36.2 Å². The minimum atomic E-state index is -0.920. The van der Waals surface area contributed by atoms with Crippen molar-refractivity contribution < 1.29 is 28.7 Å². The van der Waals surface area contributed by atoms with E-state index in [0.29, 0.717) is 18.3 Å². The third-order valence-electron chi connectivity index (χ3n) is 13.7. The van der Waals surface area contributed by atoms with Crippen LogP contribution in [0, 0.1) is 50.7 Å². The summed E-state index contributed by atoms with van der Waals surface area (Å²) in [5, 5.41) is 0. The topological polar surface area (TPSA) is 86.7 Å². The smallest absolute Gasteiger partial charge is 0.303 e. The maximum Gasteiger partial charge on any atom is 0.303 e. The molecule has 0 aromatic carbocycles. The highest BCUT2D eigenvalue weighted by Crippen LogP contribution is 2.77. The predicted octanol–water partition coefficient (Wildman–Crippen LogP) is 7.03. The van der Waals surface area contributed by atoms with Crippen molar-refractivity contribution in [3.05, 3.63) is 11.1 Å². The molecule has 5 aliphatic rings. The van der Waals surface area contributed by atoms with Crippen LogP contribution in [0.3, 0.4) is 0 Å². The first-order chi connectivity index (χ1) is 19.0. The molecular formula is C35H52O6. The molecule has 6 nitrogen and oxygen atoms in total. The van der Waals surface area contributed by atoms with Crippen molar-refractivity contribution in [3.63, 3.8) is 0 Å². The van der Waals surface area contributed by atoms with Crippen molar-refractivity contribution in [1.82, 2.24) is 0 Å². The number of fused-ring (bicyclic) bond motifs is 7. The molecule has 0 radical (unpaired) electrons. The fourth-order valence-corrected chi connectivity index (χ4v) is 11.9. The van der Waals surface area contributed by atoms with Crippen molar-refractivity contribution in [2.24, 2.45) is 50.7 Å². The van der Waals surface area contributed by atoms with Gasteiger partial charge in [0.2, 0.25) is 0 Å². The van der Waals surface area contributed by atoms with Crippen LogP contribution in [0.2, 0.25) is 0 Å². The number of carbonyl (C=O) groups is 4. The fraction of sp³-hybridized carbons (Fsp3) is 0.829. The Kier molecular flexibility index (Phi) is 7.26. The van der Waals surface area contributed by atoms with Gasteiger partial charge in [-0.25, -0.2) is 0 Å². The molecule has 2 unspecified atom stereocenters. The molecule has 41 heavy (non-hydrogen) atoms. The van der Waals surface area contributed by atoms with Crippen molar-refractivity contribution in [2.75, 3.05) is 0 Å². The number of esters is 2. The third kappa shape index (κ3) is 4.08. The normalized spacial score (nSPS) is 43.8. The summed E-state index contributed by atoms with van der Waals surface area (Å²) in [5.74, 6) is 0.711. The summed E-state index contributed by atoms with van der Waals surface area (Å²) in [5.41, 5.74) is 1.40. The zero-order valence-corrected chi connectivity index (χ0v) is 26.9. The van der Waals surface area contributed by atoms with Crippen LogP contribution in [0.25, 0.3) is 0 Å². The number of hydrogen-bond acceptors (Lipinski definition) is 6. The van der Waals surface area contributed by atoms with Gasteiger partial charge in [-0.3, -0.25) is 19.2 Å². The van der Waals surface area contributed by atoms with Crippen molar-refractivity contribution in [2.45, 2.75) is 132 Å². The van der Waals surface area contributed by atoms with Crippen LogP contribution >= 0.6 is 0 Å². The molecule has 0 bridgehead atoms. The van der Waals surface area contributed by atoms with Gasteiger partial charge in [-0.1, -0.05) is 48.5 Å². The molecule has 0 aromatic rings. The second kappa shape index (κ2) is 9.77. The Bertz CT molecular complexity index is 1180. The average molecular weight is 569 g/mol. The molecule has 0 saturated heterocycles. The number of carbonyl (C=O) groups excluding carboxylic acids is 4. The number of Topliss-reactive ketones (excluding diaryl/α,β-unsaturated/α-hetero) is 1. The van der Waals surface area contributed by atoms with E-state index in [-0.39, 0.29) is 57.8 Å². The molecule has 4 saturated carbocycles. The summed E-state index contributed by atoms with van der Waals surface area (Å²) < 4.78 is 11.6. The van der Waals surface area contributed by atoms with Crippen LogP contribution in [-0.2, 0) is 28.7 Å². The van der Waals surface area contributed by atoms with Gasteiger partial charge in [0.15, 0.2) is 18.2 Å². The summed E-state index contributed by atoms with van der Waals surface area (Å²) in [4.78, 5) is 50.3. The summed E-state index contributed by atoms with van der Waals surface area (Å²) >= 11 is 0. The third-order valence-corrected chi connectivity index (χ3v) is 13.7. The highest BCUT2D eigenvalue weighted by molar-refractivity contribution is 6.01. The first-order valence-electron chi connectivity index (χ1n) is 16.1. The fourth-order valence-electron chi connectivity index (χ4n) is 11.9. The monoisotopic (exact) mass is 568 g/mol.